The monoisotopic (exact) mass is 329 g/mol. The first-order valence-corrected chi connectivity index (χ1v) is 7.83. The van der Waals surface area contributed by atoms with Crippen molar-refractivity contribution in [3.05, 3.63) is 47.6 Å². The number of ketones is 1. The molecule has 1 aromatic carbocycles. The Morgan fingerprint density at radius 2 is 1.96 bits per heavy atom. The van der Waals surface area contributed by atoms with Gasteiger partial charge in [-0.1, -0.05) is 26.0 Å². The fourth-order valence-corrected chi connectivity index (χ4v) is 2.58. The first kappa shape index (κ1) is 17.9. The van der Waals surface area contributed by atoms with Crippen LogP contribution >= 0.6 is 0 Å². The van der Waals surface area contributed by atoms with Gasteiger partial charge in [-0.3, -0.25) is 4.79 Å². The van der Waals surface area contributed by atoms with E-state index >= 15 is 0 Å². The number of rotatable bonds is 3. The number of aliphatic hydroxyl groups is 1. The Balaban J connectivity index is 2.11. The summed E-state index contributed by atoms with van der Waals surface area (Å²) in [6.45, 7) is 5.24. The van der Waals surface area contributed by atoms with E-state index in [0.717, 1.165) is 5.56 Å². The Morgan fingerprint density at radius 3 is 2.58 bits per heavy atom. The van der Waals surface area contributed by atoms with E-state index in [0.29, 0.717) is 11.3 Å². The van der Waals surface area contributed by atoms with Crippen LogP contribution in [0.3, 0.4) is 0 Å². The molecular weight excluding hydrogens is 306 g/mol. The molecule has 0 spiro atoms. The molecule has 5 nitrogen and oxygen atoms in total. The van der Waals surface area contributed by atoms with Crippen LogP contribution in [0.25, 0.3) is 6.08 Å². The standard InChI is InChI=1S/C19H23NO4/c1-12-10-16(18(23)19(2,3)11-15(12)21)24-17(22)9-6-13-4-7-14(20)8-5-13/h4-10,16,18,23H,11,20H2,1-3H3/b9-6+. The van der Waals surface area contributed by atoms with Crippen LogP contribution in [0.4, 0.5) is 5.69 Å². The Kier molecular flexibility index (Phi) is 5.24. The van der Waals surface area contributed by atoms with Crippen LogP contribution < -0.4 is 5.73 Å². The first-order valence-electron chi connectivity index (χ1n) is 7.83. The number of allylic oxidation sites excluding steroid dienone is 1. The molecule has 24 heavy (non-hydrogen) atoms. The van der Waals surface area contributed by atoms with Gasteiger partial charge in [0.1, 0.15) is 12.2 Å². The van der Waals surface area contributed by atoms with E-state index in [1.807, 2.05) is 0 Å². The summed E-state index contributed by atoms with van der Waals surface area (Å²) >= 11 is 0. The number of nitrogen functional groups attached to an aromatic ring is 1. The van der Waals surface area contributed by atoms with E-state index < -0.39 is 23.6 Å². The second kappa shape index (κ2) is 7.01. The number of hydrogen-bond donors (Lipinski definition) is 2. The van der Waals surface area contributed by atoms with Gasteiger partial charge in [-0.2, -0.15) is 0 Å². The minimum absolute atomic E-state index is 0.0463. The molecule has 0 heterocycles. The number of carbonyl (C=O) groups is 2. The summed E-state index contributed by atoms with van der Waals surface area (Å²) in [6, 6.07) is 7.04. The smallest absolute Gasteiger partial charge is 0.331 e. The summed E-state index contributed by atoms with van der Waals surface area (Å²) in [5.41, 5.74) is 6.89. The third-order valence-electron chi connectivity index (χ3n) is 4.18. The molecule has 2 rings (SSSR count). The van der Waals surface area contributed by atoms with Gasteiger partial charge in [-0.15, -0.1) is 0 Å². The highest BCUT2D eigenvalue weighted by molar-refractivity contribution is 5.96. The molecule has 5 heteroatoms. The maximum atomic E-state index is 12.0. The zero-order valence-electron chi connectivity index (χ0n) is 14.2. The summed E-state index contributed by atoms with van der Waals surface area (Å²) in [4.78, 5) is 24.1. The van der Waals surface area contributed by atoms with Crippen LogP contribution in [0.15, 0.2) is 42.0 Å². The Morgan fingerprint density at radius 1 is 1.33 bits per heavy atom. The maximum Gasteiger partial charge on any atom is 0.331 e. The second-order valence-electron chi connectivity index (χ2n) is 6.78. The van der Waals surface area contributed by atoms with Gasteiger partial charge in [-0.25, -0.2) is 4.79 Å². The predicted octanol–water partition coefficient (Wildman–Crippen LogP) is 2.50. The number of esters is 1. The van der Waals surface area contributed by atoms with Crippen molar-refractivity contribution in [2.24, 2.45) is 5.41 Å². The van der Waals surface area contributed by atoms with Gasteiger partial charge in [0.05, 0.1) is 0 Å². The minimum atomic E-state index is -0.951. The third kappa shape index (κ3) is 4.32. The molecule has 0 saturated heterocycles. The lowest BCUT2D eigenvalue weighted by molar-refractivity contribution is -0.149. The van der Waals surface area contributed by atoms with E-state index in [2.05, 4.69) is 0 Å². The molecule has 1 aliphatic rings. The Labute approximate surface area is 141 Å². The highest BCUT2D eigenvalue weighted by Crippen LogP contribution is 2.33. The molecule has 1 aliphatic carbocycles. The number of Topliss-reactive ketones (excluding diaryl/α,β-unsaturated/α-hetero) is 1. The average molecular weight is 329 g/mol. The van der Waals surface area contributed by atoms with Gasteiger partial charge in [0.15, 0.2) is 5.78 Å². The van der Waals surface area contributed by atoms with Crippen LogP contribution in [0.2, 0.25) is 0 Å². The lowest BCUT2D eigenvalue weighted by Crippen LogP contribution is -2.40. The molecule has 0 saturated carbocycles. The van der Waals surface area contributed by atoms with Crippen molar-refractivity contribution >= 4 is 23.5 Å². The number of nitrogens with two attached hydrogens (primary N) is 1. The lowest BCUT2D eigenvalue weighted by atomic mass is 9.80. The van der Waals surface area contributed by atoms with Gasteiger partial charge in [0.2, 0.25) is 0 Å². The number of aliphatic hydroxyl groups excluding tert-OH is 1. The molecule has 0 amide bonds. The third-order valence-corrected chi connectivity index (χ3v) is 4.18. The van der Waals surface area contributed by atoms with Gasteiger partial charge < -0.3 is 15.6 Å². The van der Waals surface area contributed by atoms with Gasteiger partial charge >= 0.3 is 5.97 Å². The molecular formula is C19H23NO4. The summed E-state index contributed by atoms with van der Waals surface area (Å²) < 4.78 is 5.35. The quantitative estimate of drug-likeness (QED) is 0.505. The summed E-state index contributed by atoms with van der Waals surface area (Å²) in [5.74, 6) is -0.625. The molecule has 0 bridgehead atoms. The van der Waals surface area contributed by atoms with Crippen molar-refractivity contribution in [3.8, 4) is 0 Å². The van der Waals surface area contributed by atoms with E-state index in [1.165, 1.54) is 12.2 Å². The first-order chi connectivity index (χ1) is 11.2. The van der Waals surface area contributed by atoms with E-state index in [1.54, 1.807) is 51.1 Å². The molecule has 0 radical (unpaired) electrons. The maximum absolute atomic E-state index is 12.0. The van der Waals surface area contributed by atoms with Crippen LogP contribution in [0.5, 0.6) is 0 Å². The molecule has 2 atom stereocenters. The van der Waals surface area contributed by atoms with Gasteiger partial charge in [0.25, 0.3) is 0 Å². The second-order valence-corrected chi connectivity index (χ2v) is 6.78. The van der Waals surface area contributed by atoms with Crippen molar-refractivity contribution in [1.82, 2.24) is 0 Å². The topological polar surface area (TPSA) is 89.6 Å². The van der Waals surface area contributed by atoms with Crippen LogP contribution in [0, 0.1) is 5.41 Å². The van der Waals surface area contributed by atoms with Crippen LogP contribution in [-0.2, 0) is 14.3 Å². The van der Waals surface area contributed by atoms with Crippen LogP contribution in [-0.4, -0.2) is 29.1 Å². The zero-order chi connectivity index (χ0) is 17.9. The Bertz CT molecular complexity index is 686. The van der Waals surface area contributed by atoms with Crippen molar-refractivity contribution < 1.29 is 19.4 Å². The SMILES string of the molecule is CC1=CC(OC(=O)/C=C/c2ccc(N)cc2)C(O)C(C)(C)CC1=O. The Hall–Kier alpha value is -2.40. The molecule has 2 unspecified atom stereocenters. The van der Waals surface area contributed by atoms with Crippen molar-refractivity contribution in [1.29, 1.82) is 0 Å². The number of carbonyl (C=O) groups excluding carboxylic acids is 2. The van der Waals surface area contributed by atoms with Crippen molar-refractivity contribution in [2.75, 3.05) is 5.73 Å². The fourth-order valence-electron chi connectivity index (χ4n) is 2.58. The number of hydrogen-bond acceptors (Lipinski definition) is 5. The highest BCUT2D eigenvalue weighted by atomic mass is 16.6. The largest absolute Gasteiger partial charge is 0.452 e. The summed E-state index contributed by atoms with van der Waals surface area (Å²) in [7, 11) is 0. The van der Waals surface area contributed by atoms with E-state index in [-0.39, 0.29) is 12.2 Å². The van der Waals surface area contributed by atoms with E-state index in [4.69, 9.17) is 10.5 Å². The van der Waals surface area contributed by atoms with Gasteiger partial charge in [-0.05, 0) is 42.3 Å². The summed E-state index contributed by atoms with van der Waals surface area (Å²) in [5, 5.41) is 10.5. The average Bonchev–Trinajstić information content (AvgIpc) is 2.58. The summed E-state index contributed by atoms with van der Waals surface area (Å²) in [6.07, 6.45) is 2.84. The number of ether oxygens (including phenoxy) is 1. The molecule has 3 N–H and O–H groups in total. The predicted molar refractivity (Wildman–Crippen MR) is 92.9 cm³/mol. The zero-order valence-corrected chi connectivity index (χ0v) is 14.2. The highest BCUT2D eigenvalue weighted by Gasteiger charge is 2.39. The molecule has 1 aromatic rings. The molecule has 128 valence electrons. The number of benzene rings is 1. The molecule has 0 aliphatic heterocycles. The van der Waals surface area contributed by atoms with Crippen molar-refractivity contribution in [3.63, 3.8) is 0 Å². The normalized spacial score (nSPS) is 23.7. The van der Waals surface area contributed by atoms with Crippen LogP contribution in [0.1, 0.15) is 32.8 Å². The van der Waals surface area contributed by atoms with Gasteiger partial charge in [0, 0.05) is 23.6 Å². The lowest BCUT2D eigenvalue weighted by Gasteiger charge is -2.31. The molecule has 0 fully saturated rings. The fraction of sp³-hybridized carbons (Fsp3) is 0.368. The minimum Gasteiger partial charge on any atom is -0.452 e. The number of anilines is 1. The molecule has 0 aromatic heterocycles. The van der Waals surface area contributed by atoms with Crippen molar-refractivity contribution in [2.45, 2.75) is 39.4 Å². The van der Waals surface area contributed by atoms with E-state index in [9.17, 15) is 14.7 Å².